The van der Waals surface area contributed by atoms with Gasteiger partial charge in [-0.05, 0) is 24.6 Å². The molecule has 0 radical (unpaired) electrons. The molecule has 4 rings (SSSR count). The Labute approximate surface area is 147 Å². The minimum Gasteiger partial charge on any atom is -0.454 e. The molecule has 0 aliphatic carbocycles. The predicted octanol–water partition coefficient (Wildman–Crippen LogP) is 1.88. The first-order valence-electron chi connectivity index (χ1n) is 7.67. The van der Waals surface area contributed by atoms with E-state index in [0.717, 1.165) is 16.8 Å². The van der Waals surface area contributed by atoms with Gasteiger partial charge in [0.05, 0.1) is 11.6 Å². The summed E-state index contributed by atoms with van der Waals surface area (Å²) in [5.41, 5.74) is 2.28. The first kappa shape index (κ1) is 15.7. The highest BCUT2D eigenvalue weighted by atomic mass is 32.2. The maximum atomic E-state index is 12.4. The van der Waals surface area contributed by atoms with Crippen molar-refractivity contribution in [3.8, 4) is 11.5 Å². The molecule has 25 heavy (non-hydrogen) atoms. The summed E-state index contributed by atoms with van der Waals surface area (Å²) in [6, 6.07) is 5.63. The van der Waals surface area contributed by atoms with E-state index in [1.54, 1.807) is 6.33 Å². The van der Waals surface area contributed by atoms with Crippen LogP contribution in [0.1, 0.15) is 12.5 Å². The zero-order valence-electron chi connectivity index (χ0n) is 13.4. The highest BCUT2D eigenvalue weighted by Crippen LogP contribution is 2.32. The summed E-state index contributed by atoms with van der Waals surface area (Å²) in [6.45, 7) is 2.49. The normalized spacial score (nSPS) is 13.8. The highest BCUT2D eigenvalue weighted by Gasteiger charge is 2.18. The Morgan fingerprint density at radius 2 is 2.20 bits per heavy atom. The number of aromatic nitrogens is 4. The number of carbonyl (C=O) groups excluding carboxylic acids is 1. The lowest BCUT2D eigenvalue weighted by molar-refractivity contribution is -0.120. The molecule has 0 saturated heterocycles. The van der Waals surface area contributed by atoms with Gasteiger partial charge in [0.2, 0.25) is 12.7 Å². The number of aromatic amines is 1. The molecule has 0 bridgehead atoms. The van der Waals surface area contributed by atoms with Gasteiger partial charge in [-0.15, -0.1) is 0 Å². The van der Waals surface area contributed by atoms with Crippen molar-refractivity contribution in [2.75, 3.05) is 6.79 Å². The molecule has 0 spiro atoms. The Morgan fingerprint density at radius 3 is 3.12 bits per heavy atom. The monoisotopic (exact) mass is 357 g/mol. The average molecular weight is 357 g/mol. The number of rotatable bonds is 5. The number of ether oxygens (including phenoxy) is 2. The van der Waals surface area contributed by atoms with Gasteiger partial charge in [0.15, 0.2) is 17.1 Å². The number of thioether (sulfide) groups is 1. The topological polar surface area (TPSA) is 102 Å². The van der Waals surface area contributed by atoms with Crippen LogP contribution in [0, 0.1) is 0 Å². The predicted molar refractivity (Wildman–Crippen MR) is 91.4 cm³/mol. The van der Waals surface area contributed by atoms with Crippen LogP contribution in [-0.2, 0) is 11.3 Å². The molecule has 128 valence electrons. The largest absolute Gasteiger partial charge is 0.454 e. The zero-order chi connectivity index (χ0) is 17.2. The van der Waals surface area contributed by atoms with Crippen LogP contribution in [-0.4, -0.2) is 37.9 Å². The number of hydrogen-bond acceptors (Lipinski definition) is 7. The van der Waals surface area contributed by atoms with Crippen LogP contribution in [0.3, 0.4) is 0 Å². The lowest BCUT2D eigenvalue weighted by Crippen LogP contribution is -2.30. The fourth-order valence-electron chi connectivity index (χ4n) is 2.44. The van der Waals surface area contributed by atoms with E-state index < -0.39 is 0 Å². The molecule has 3 heterocycles. The number of H-pyrrole nitrogens is 1. The van der Waals surface area contributed by atoms with Crippen molar-refractivity contribution in [1.29, 1.82) is 0 Å². The van der Waals surface area contributed by atoms with E-state index in [-0.39, 0.29) is 18.0 Å². The first-order valence-corrected chi connectivity index (χ1v) is 8.55. The fourth-order valence-corrected chi connectivity index (χ4v) is 3.34. The summed E-state index contributed by atoms with van der Waals surface area (Å²) in [6.07, 6.45) is 3.01. The summed E-state index contributed by atoms with van der Waals surface area (Å²) in [4.78, 5) is 27.8. The second-order valence-corrected chi connectivity index (χ2v) is 6.77. The van der Waals surface area contributed by atoms with Crippen LogP contribution in [0.25, 0.3) is 11.2 Å². The van der Waals surface area contributed by atoms with Crippen LogP contribution < -0.4 is 14.8 Å². The summed E-state index contributed by atoms with van der Waals surface area (Å²) in [7, 11) is 0. The van der Waals surface area contributed by atoms with Crippen LogP contribution in [0.4, 0.5) is 0 Å². The number of benzene rings is 1. The Hall–Kier alpha value is -2.81. The van der Waals surface area contributed by atoms with E-state index in [4.69, 9.17) is 9.47 Å². The third kappa shape index (κ3) is 3.22. The van der Waals surface area contributed by atoms with Gasteiger partial charge in [0.25, 0.3) is 0 Å². The molecule has 0 fully saturated rings. The van der Waals surface area contributed by atoms with E-state index in [0.29, 0.717) is 23.0 Å². The van der Waals surface area contributed by atoms with Crippen molar-refractivity contribution in [3.63, 3.8) is 0 Å². The van der Waals surface area contributed by atoms with E-state index in [1.807, 2.05) is 25.1 Å². The molecular formula is C16H15N5O3S. The molecule has 1 amide bonds. The molecule has 3 aromatic rings. The third-order valence-corrected chi connectivity index (χ3v) is 4.85. The summed E-state index contributed by atoms with van der Waals surface area (Å²) in [5.74, 6) is 1.36. The van der Waals surface area contributed by atoms with Gasteiger partial charge in [-0.25, -0.2) is 15.0 Å². The number of amides is 1. The van der Waals surface area contributed by atoms with Crippen LogP contribution in [0.2, 0.25) is 0 Å². The number of imidazole rings is 1. The zero-order valence-corrected chi connectivity index (χ0v) is 14.2. The first-order chi connectivity index (χ1) is 12.2. The van der Waals surface area contributed by atoms with Crippen molar-refractivity contribution in [2.24, 2.45) is 0 Å². The van der Waals surface area contributed by atoms with Crippen molar-refractivity contribution in [3.05, 3.63) is 36.4 Å². The van der Waals surface area contributed by atoms with Crippen molar-refractivity contribution in [1.82, 2.24) is 25.3 Å². The molecule has 1 atom stereocenters. The maximum absolute atomic E-state index is 12.4. The minimum absolute atomic E-state index is 0.0751. The highest BCUT2D eigenvalue weighted by molar-refractivity contribution is 8.00. The van der Waals surface area contributed by atoms with Gasteiger partial charge in [-0.3, -0.25) is 4.79 Å². The molecule has 1 aromatic carbocycles. The summed E-state index contributed by atoms with van der Waals surface area (Å²) < 4.78 is 10.6. The third-order valence-electron chi connectivity index (χ3n) is 3.75. The van der Waals surface area contributed by atoms with Crippen LogP contribution in [0.15, 0.2) is 35.9 Å². The summed E-state index contributed by atoms with van der Waals surface area (Å²) in [5, 5.41) is 3.32. The van der Waals surface area contributed by atoms with E-state index in [1.165, 1.54) is 18.1 Å². The van der Waals surface area contributed by atoms with E-state index in [2.05, 4.69) is 25.3 Å². The minimum atomic E-state index is -0.310. The molecule has 1 aliphatic heterocycles. The molecule has 1 aliphatic rings. The molecular weight excluding hydrogens is 342 g/mol. The Bertz CT molecular complexity index is 929. The molecule has 2 aromatic heterocycles. The van der Waals surface area contributed by atoms with Crippen molar-refractivity contribution < 1.29 is 14.3 Å². The van der Waals surface area contributed by atoms with Crippen LogP contribution >= 0.6 is 11.8 Å². The lowest BCUT2D eigenvalue weighted by atomic mass is 10.2. The van der Waals surface area contributed by atoms with Gasteiger partial charge in [0.1, 0.15) is 16.9 Å². The Morgan fingerprint density at radius 1 is 1.32 bits per heavy atom. The summed E-state index contributed by atoms with van der Waals surface area (Å²) >= 11 is 1.36. The van der Waals surface area contributed by atoms with Gasteiger partial charge >= 0.3 is 0 Å². The second kappa shape index (κ2) is 6.60. The van der Waals surface area contributed by atoms with Gasteiger partial charge in [0, 0.05) is 6.54 Å². The molecule has 0 saturated carbocycles. The van der Waals surface area contributed by atoms with E-state index >= 15 is 0 Å². The smallest absolute Gasteiger partial charge is 0.233 e. The number of carbonyl (C=O) groups is 1. The fraction of sp³-hybridized carbons (Fsp3) is 0.250. The maximum Gasteiger partial charge on any atom is 0.233 e. The molecule has 9 heteroatoms. The second-order valence-electron chi connectivity index (χ2n) is 5.45. The van der Waals surface area contributed by atoms with Gasteiger partial charge in [-0.2, -0.15) is 0 Å². The quantitative estimate of drug-likeness (QED) is 0.531. The number of hydrogen-bond donors (Lipinski definition) is 2. The Kier molecular flexibility index (Phi) is 4.14. The number of fused-ring (bicyclic) bond motifs is 2. The molecule has 2 N–H and O–H groups in total. The van der Waals surface area contributed by atoms with Gasteiger partial charge < -0.3 is 19.8 Å². The number of nitrogens with one attached hydrogen (secondary N) is 2. The standard InChI is InChI=1S/C16H15N5O3S/c1-9(25-16-13-14(19-6-18-13)20-7-21-16)15(22)17-5-10-2-3-11-12(4-10)24-8-23-11/h2-4,6-7,9H,5,8H2,1H3,(H,17,22)(H,18,19,20,21)/t9-/m0/s1. The lowest BCUT2D eigenvalue weighted by Gasteiger charge is -2.12. The van der Waals surface area contributed by atoms with Crippen molar-refractivity contribution >= 4 is 28.8 Å². The average Bonchev–Trinajstić information content (AvgIpc) is 3.28. The SMILES string of the molecule is C[C@H](Sc1ncnc2nc[nH]c12)C(=O)NCc1ccc2c(c1)OCO2. The van der Waals surface area contributed by atoms with Gasteiger partial charge in [-0.1, -0.05) is 17.8 Å². The van der Waals surface area contributed by atoms with Crippen molar-refractivity contribution in [2.45, 2.75) is 23.7 Å². The Balaban J connectivity index is 1.38. The van der Waals surface area contributed by atoms with E-state index in [9.17, 15) is 4.79 Å². The molecule has 8 nitrogen and oxygen atoms in total. The molecule has 0 unspecified atom stereocenters. The number of nitrogens with zero attached hydrogens (tertiary/aromatic N) is 3. The van der Waals surface area contributed by atoms with Crippen LogP contribution in [0.5, 0.6) is 11.5 Å².